The van der Waals surface area contributed by atoms with Crippen molar-refractivity contribution in [2.75, 3.05) is 13.1 Å². The Labute approximate surface area is 168 Å². The van der Waals surface area contributed by atoms with Gasteiger partial charge in [0.2, 0.25) is 10.0 Å². The van der Waals surface area contributed by atoms with E-state index < -0.39 is 10.0 Å². The Morgan fingerprint density at radius 1 is 1.04 bits per heavy atom. The normalized spacial score (nSPS) is 15.9. The summed E-state index contributed by atoms with van der Waals surface area (Å²) >= 11 is 0. The molecule has 0 bridgehead atoms. The fraction of sp³-hybridized carbons (Fsp3) is 0.526. The van der Waals surface area contributed by atoms with Gasteiger partial charge in [-0.2, -0.15) is 5.10 Å². The van der Waals surface area contributed by atoms with Crippen LogP contribution in [-0.4, -0.2) is 37.3 Å². The third kappa shape index (κ3) is 6.92. The smallest absolute Gasteiger partial charge is 0.243 e. The van der Waals surface area contributed by atoms with Gasteiger partial charge in [-0.1, -0.05) is 56.0 Å². The van der Waals surface area contributed by atoms with Crippen LogP contribution >= 0.6 is 12.4 Å². The van der Waals surface area contributed by atoms with E-state index in [0.29, 0.717) is 25.7 Å². The maximum Gasteiger partial charge on any atom is 0.243 e. The molecule has 2 aromatic rings. The van der Waals surface area contributed by atoms with Crippen LogP contribution < -0.4 is 10.0 Å². The van der Waals surface area contributed by atoms with Gasteiger partial charge >= 0.3 is 0 Å². The van der Waals surface area contributed by atoms with Crippen molar-refractivity contribution in [1.82, 2.24) is 19.8 Å². The van der Waals surface area contributed by atoms with Crippen LogP contribution in [0.4, 0.5) is 0 Å². The number of benzene rings is 1. The fourth-order valence-corrected chi connectivity index (χ4v) is 4.35. The Balaban J connectivity index is 0.00000261. The van der Waals surface area contributed by atoms with Gasteiger partial charge in [-0.3, -0.25) is 4.68 Å². The molecule has 1 aliphatic rings. The number of halogens is 1. The molecule has 150 valence electrons. The lowest BCUT2D eigenvalue weighted by molar-refractivity contribution is 0.461. The first-order valence-corrected chi connectivity index (χ1v) is 10.9. The van der Waals surface area contributed by atoms with Gasteiger partial charge in [0.05, 0.1) is 12.7 Å². The SMILES string of the molecule is Cl.O=S(=O)(NCCNC1CCCCCC1)c1cnn(Cc2ccccc2)c1. The monoisotopic (exact) mass is 412 g/mol. The zero-order chi connectivity index (χ0) is 18.2. The molecule has 8 heteroatoms. The molecule has 0 aliphatic heterocycles. The first-order valence-electron chi connectivity index (χ1n) is 9.43. The molecule has 3 rings (SSSR count). The lowest BCUT2D eigenvalue weighted by Gasteiger charge is -2.16. The highest BCUT2D eigenvalue weighted by Gasteiger charge is 2.17. The zero-order valence-electron chi connectivity index (χ0n) is 15.5. The average Bonchev–Trinajstić information content (AvgIpc) is 2.96. The van der Waals surface area contributed by atoms with Crippen molar-refractivity contribution in [2.24, 2.45) is 0 Å². The van der Waals surface area contributed by atoms with E-state index in [-0.39, 0.29) is 17.3 Å². The third-order valence-electron chi connectivity index (χ3n) is 4.81. The Hall–Kier alpha value is -1.41. The number of nitrogens with one attached hydrogen (secondary N) is 2. The maximum absolute atomic E-state index is 12.4. The standard InChI is InChI=1S/C19H28N4O2S.ClH/c24-26(25,22-13-12-20-18-10-6-1-2-7-11-18)19-14-21-23(16-19)15-17-8-4-3-5-9-17;/h3-5,8-9,14,16,18,20,22H,1-2,6-7,10-13,15H2;1H. The Morgan fingerprint density at radius 3 is 2.44 bits per heavy atom. The zero-order valence-corrected chi connectivity index (χ0v) is 17.1. The van der Waals surface area contributed by atoms with Gasteiger partial charge in [-0.15, -0.1) is 12.4 Å². The second-order valence-electron chi connectivity index (χ2n) is 6.90. The van der Waals surface area contributed by atoms with Gasteiger partial charge in [0, 0.05) is 25.3 Å². The lowest BCUT2D eigenvalue weighted by Crippen LogP contribution is -2.36. The van der Waals surface area contributed by atoms with Gasteiger partial charge in [0.1, 0.15) is 4.90 Å². The number of sulfonamides is 1. The van der Waals surface area contributed by atoms with E-state index in [9.17, 15) is 8.42 Å². The average molecular weight is 413 g/mol. The van der Waals surface area contributed by atoms with E-state index in [0.717, 1.165) is 5.56 Å². The van der Waals surface area contributed by atoms with Crippen molar-refractivity contribution in [3.05, 3.63) is 48.3 Å². The Kier molecular flexibility index (Phi) is 8.76. The molecule has 1 fully saturated rings. The number of rotatable bonds is 8. The quantitative estimate of drug-likeness (QED) is 0.516. The van der Waals surface area contributed by atoms with Crippen LogP contribution in [-0.2, 0) is 16.6 Å². The van der Waals surface area contributed by atoms with E-state index in [2.05, 4.69) is 15.1 Å². The molecule has 0 spiro atoms. The molecule has 1 aromatic heterocycles. The number of aromatic nitrogens is 2. The molecule has 2 N–H and O–H groups in total. The third-order valence-corrected chi connectivity index (χ3v) is 6.23. The second kappa shape index (κ2) is 10.8. The van der Waals surface area contributed by atoms with Crippen molar-refractivity contribution in [2.45, 2.75) is 56.0 Å². The van der Waals surface area contributed by atoms with Crippen LogP contribution in [0.25, 0.3) is 0 Å². The molecule has 1 heterocycles. The molecule has 0 unspecified atom stereocenters. The molecule has 27 heavy (non-hydrogen) atoms. The summed E-state index contributed by atoms with van der Waals surface area (Å²) < 4.78 is 29.1. The minimum atomic E-state index is -3.52. The molecule has 1 saturated carbocycles. The summed E-state index contributed by atoms with van der Waals surface area (Å²) in [5.74, 6) is 0. The minimum absolute atomic E-state index is 0. The number of hydrogen-bond donors (Lipinski definition) is 2. The Morgan fingerprint density at radius 2 is 1.74 bits per heavy atom. The Bertz CT molecular complexity index is 772. The molecule has 0 saturated heterocycles. The first kappa shape index (κ1) is 21.9. The van der Waals surface area contributed by atoms with Crippen LogP contribution in [0.15, 0.2) is 47.6 Å². The summed E-state index contributed by atoms with van der Waals surface area (Å²) in [6.45, 7) is 1.60. The summed E-state index contributed by atoms with van der Waals surface area (Å²) in [4.78, 5) is 0.211. The van der Waals surface area contributed by atoms with Crippen molar-refractivity contribution in [3.63, 3.8) is 0 Å². The lowest BCUT2D eigenvalue weighted by atomic mass is 10.1. The van der Waals surface area contributed by atoms with E-state index >= 15 is 0 Å². The van der Waals surface area contributed by atoms with Crippen LogP contribution in [0, 0.1) is 0 Å². The molecule has 0 atom stereocenters. The predicted molar refractivity (Wildman–Crippen MR) is 110 cm³/mol. The molecule has 6 nitrogen and oxygen atoms in total. The highest BCUT2D eigenvalue weighted by molar-refractivity contribution is 7.89. The minimum Gasteiger partial charge on any atom is -0.313 e. The second-order valence-corrected chi connectivity index (χ2v) is 8.67. The summed E-state index contributed by atoms with van der Waals surface area (Å²) in [5.41, 5.74) is 1.08. The van der Waals surface area contributed by atoms with Crippen LogP contribution in [0.1, 0.15) is 44.1 Å². The topological polar surface area (TPSA) is 76.0 Å². The van der Waals surface area contributed by atoms with Gasteiger partial charge in [0.25, 0.3) is 0 Å². The largest absolute Gasteiger partial charge is 0.313 e. The van der Waals surface area contributed by atoms with Crippen molar-refractivity contribution in [3.8, 4) is 0 Å². The van der Waals surface area contributed by atoms with Gasteiger partial charge in [-0.25, -0.2) is 13.1 Å². The highest BCUT2D eigenvalue weighted by atomic mass is 35.5. The van der Waals surface area contributed by atoms with Crippen LogP contribution in [0.3, 0.4) is 0 Å². The molecular weight excluding hydrogens is 384 g/mol. The highest BCUT2D eigenvalue weighted by Crippen LogP contribution is 2.17. The van der Waals surface area contributed by atoms with Gasteiger partial charge in [0.15, 0.2) is 0 Å². The van der Waals surface area contributed by atoms with Crippen molar-refractivity contribution >= 4 is 22.4 Å². The molecule has 1 aromatic carbocycles. The van der Waals surface area contributed by atoms with Gasteiger partial charge < -0.3 is 5.32 Å². The first-order chi connectivity index (χ1) is 12.6. The number of hydrogen-bond acceptors (Lipinski definition) is 4. The van der Waals surface area contributed by atoms with E-state index in [1.165, 1.54) is 44.7 Å². The van der Waals surface area contributed by atoms with E-state index in [4.69, 9.17) is 0 Å². The molecule has 0 amide bonds. The summed E-state index contributed by atoms with van der Waals surface area (Å²) in [6, 6.07) is 10.4. The van der Waals surface area contributed by atoms with Crippen LogP contribution in [0.5, 0.6) is 0 Å². The van der Waals surface area contributed by atoms with Crippen molar-refractivity contribution in [1.29, 1.82) is 0 Å². The van der Waals surface area contributed by atoms with E-state index in [1.807, 2.05) is 30.3 Å². The summed E-state index contributed by atoms with van der Waals surface area (Å²) in [7, 11) is -3.52. The number of nitrogens with zero attached hydrogens (tertiary/aromatic N) is 2. The fourth-order valence-electron chi connectivity index (χ4n) is 3.37. The van der Waals surface area contributed by atoms with Crippen LogP contribution in [0.2, 0.25) is 0 Å². The molecule has 1 aliphatic carbocycles. The van der Waals surface area contributed by atoms with Crippen molar-refractivity contribution < 1.29 is 8.42 Å². The summed E-state index contributed by atoms with van der Waals surface area (Å²) in [5, 5.41) is 7.65. The van der Waals surface area contributed by atoms with E-state index in [1.54, 1.807) is 10.9 Å². The maximum atomic E-state index is 12.4. The molecular formula is C19H29ClN4O2S. The predicted octanol–water partition coefficient (Wildman–Crippen LogP) is 2.94. The molecule has 0 radical (unpaired) electrons. The summed E-state index contributed by atoms with van der Waals surface area (Å²) in [6.07, 6.45) is 10.5. The van der Waals surface area contributed by atoms with Gasteiger partial charge in [-0.05, 0) is 18.4 Å².